The van der Waals surface area contributed by atoms with E-state index in [2.05, 4.69) is 50.3 Å². The van der Waals surface area contributed by atoms with Crippen LogP contribution in [0.4, 0.5) is 0 Å². The van der Waals surface area contributed by atoms with Crippen LogP contribution in [0.25, 0.3) is 0 Å². The van der Waals surface area contributed by atoms with Crippen LogP contribution >= 0.6 is 0 Å². The van der Waals surface area contributed by atoms with Gasteiger partial charge in [-0.25, -0.2) is 0 Å². The molecule has 0 fully saturated rings. The zero-order valence-corrected chi connectivity index (χ0v) is 36.0. The van der Waals surface area contributed by atoms with Gasteiger partial charge in [0.05, 0.1) is 6.61 Å². The standard InChI is InChI=1S/C49H90O5/c1-3-5-7-9-11-13-15-16-17-18-19-20-21-22-23-24-25-26-27-28-29-30-31-32-34-36-38-40-42-44-49(52)54-47(45-50)46-53-48(51)43-41-39-37-35-33-14-12-10-8-6-4-2/h15-16,18-19,21-22,47,50H,3-14,17,20,23-46H2,1-2H3/b16-15-,19-18-,22-21-. The quantitative estimate of drug-likeness (QED) is 0.0381. The summed E-state index contributed by atoms with van der Waals surface area (Å²) in [5.41, 5.74) is 0. The molecule has 54 heavy (non-hydrogen) atoms. The van der Waals surface area contributed by atoms with Crippen LogP contribution < -0.4 is 0 Å². The molecule has 0 saturated carbocycles. The highest BCUT2D eigenvalue weighted by Gasteiger charge is 2.16. The fourth-order valence-corrected chi connectivity index (χ4v) is 6.86. The largest absolute Gasteiger partial charge is 0.462 e. The third-order valence-electron chi connectivity index (χ3n) is 10.4. The summed E-state index contributed by atoms with van der Waals surface area (Å²) in [6, 6.07) is 0. The van der Waals surface area contributed by atoms with E-state index in [4.69, 9.17) is 9.47 Å². The first-order chi connectivity index (χ1) is 26.6. The van der Waals surface area contributed by atoms with Gasteiger partial charge in [0.15, 0.2) is 6.10 Å². The first-order valence-electron chi connectivity index (χ1n) is 23.5. The van der Waals surface area contributed by atoms with E-state index in [0.717, 1.165) is 51.4 Å². The van der Waals surface area contributed by atoms with Gasteiger partial charge in [-0.2, -0.15) is 0 Å². The Morgan fingerprint density at radius 1 is 0.426 bits per heavy atom. The van der Waals surface area contributed by atoms with Crippen molar-refractivity contribution in [3.05, 3.63) is 36.5 Å². The van der Waals surface area contributed by atoms with Crippen molar-refractivity contribution in [1.29, 1.82) is 0 Å². The molecular formula is C49H90O5. The molecule has 0 aromatic heterocycles. The molecule has 0 amide bonds. The first kappa shape index (κ1) is 52.1. The SMILES string of the molecule is CCCCCCC/C=C\C/C=C\C/C=C\CCCCCCCCCCCCCCCCC(=O)OC(CO)COC(=O)CCCCCCCCCCCCC. The summed E-state index contributed by atoms with van der Waals surface area (Å²) in [5, 5.41) is 9.57. The van der Waals surface area contributed by atoms with E-state index < -0.39 is 6.10 Å². The second-order valence-corrected chi connectivity index (χ2v) is 15.8. The molecule has 0 aromatic carbocycles. The van der Waals surface area contributed by atoms with Crippen molar-refractivity contribution >= 4 is 11.9 Å². The molecule has 0 radical (unpaired) electrons. The second-order valence-electron chi connectivity index (χ2n) is 15.8. The molecule has 0 saturated heterocycles. The number of carbonyl (C=O) groups excluding carboxylic acids is 2. The van der Waals surface area contributed by atoms with Crippen molar-refractivity contribution < 1.29 is 24.2 Å². The van der Waals surface area contributed by atoms with Crippen molar-refractivity contribution in [2.45, 2.75) is 251 Å². The monoisotopic (exact) mass is 759 g/mol. The molecule has 0 rings (SSSR count). The zero-order valence-electron chi connectivity index (χ0n) is 36.0. The highest BCUT2D eigenvalue weighted by Crippen LogP contribution is 2.15. The van der Waals surface area contributed by atoms with Crippen LogP contribution in [0.1, 0.15) is 245 Å². The number of aliphatic hydroxyl groups is 1. The third kappa shape index (κ3) is 42.9. The minimum Gasteiger partial charge on any atom is -0.462 e. The van der Waals surface area contributed by atoms with Crippen LogP contribution in [-0.2, 0) is 19.1 Å². The summed E-state index contributed by atoms with van der Waals surface area (Å²) in [7, 11) is 0. The lowest BCUT2D eigenvalue weighted by Crippen LogP contribution is -2.28. The van der Waals surface area contributed by atoms with E-state index in [1.54, 1.807) is 0 Å². The summed E-state index contributed by atoms with van der Waals surface area (Å²) < 4.78 is 10.6. The van der Waals surface area contributed by atoms with Gasteiger partial charge in [-0.1, -0.05) is 217 Å². The number of allylic oxidation sites excluding steroid dienone is 6. The number of hydrogen-bond donors (Lipinski definition) is 1. The van der Waals surface area contributed by atoms with E-state index in [1.165, 1.54) is 167 Å². The Morgan fingerprint density at radius 2 is 0.741 bits per heavy atom. The van der Waals surface area contributed by atoms with Gasteiger partial charge in [-0.05, 0) is 51.4 Å². The molecule has 0 aliphatic rings. The predicted octanol–water partition coefficient (Wildman–Crippen LogP) is 15.2. The molecule has 1 unspecified atom stereocenters. The third-order valence-corrected chi connectivity index (χ3v) is 10.4. The van der Waals surface area contributed by atoms with Crippen LogP contribution in [-0.4, -0.2) is 36.4 Å². The Bertz CT molecular complexity index is 862. The maximum Gasteiger partial charge on any atom is 0.306 e. The van der Waals surface area contributed by atoms with Gasteiger partial charge < -0.3 is 14.6 Å². The lowest BCUT2D eigenvalue weighted by molar-refractivity contribution is -0.161. The van der Waals surface area contributed by atoms with Gasteiger partial charge in [-0.3, -0.25) is 9.59 Å². The van der Waals surface area contributed by atoms with Gasteiger partial charge in [0.1, 0.15) is 6.61 Å². The molecule has 1 N–H and O–H groups in total. The molecule has 0 spiro atoms. The van der Waals surface area contributed by atoms with Gasteiger partial charge >= 0.3 is 11.9 Å². The number of carbonyl (C=O) groups is 2. The zero-order chi connectivity index (χ0) is 39.3. The van der Waals surface area contributed by atoms with Crippen LogP contribution in [0.15, 0.2) is 36.5 Å². The Kier molecular flexibility index (Phi) is 43.9. The number of esters is 2. The fraction of sp³-hybridized carbons (Fsp3) is 0.837. The summed E-state index contributed by atoms with van der Waals surface area (Å²) in [4.78, 5) is 24.3. The molecule has 0 heterocycles. The summed E-state index contributed by atoms with van der Waals surface area (Å²) >= 11 is 0. The average Bonchev–Trinajstić information content (AvgIpc) is 3.17. The highest BCUT2D eigenvalue weighted by molar-refractivity contribution is 5.70. The topological polar surface area (TPSA) is 72.8 Å². The van der Waals surface area contributed by atoms with Crippen molar-refractivity contribution in [3.63, 3.8) is 0 Å². The van der Waals surface area contributed by atoms with E-state index in [9.17, 15) is 14.7 Å². The fourth-order valence-electron chi connectivity index (χ4n) is 6.86. The van der Waals surface area contributed by atoms with E-state index in [0.29, 0.717) is 12.8 Å². The Hall–Kier alpha value is -1.88. The second kappa shape index (κ2) is 45.5. The number of aliphatic hydroxyl groups excluding tert-OH is 1. The number of unbranched alkanes of at least 4 members (excludes halogenated alkanes) is 29. The van der Waals surface area contributed by atoms with Crippen LogP contribution in [0.5, 0.6) is 0 Å². The van der Waals surface area contributed by atoms with Gasteiger partial charge in [0.2, 0.25) is 0 Å². The normalized spacial score (nSPS) is 12.4. The van der Waals surface area contributed by atoms with Crippen molar-refractivity contribution in [3.8, 4) is 0 Å². The molecule has 0 aliphatic carbocycles. The van der Waals surface area contributed by atoms with E-state index in [1.807, 2.05) is 0 Å². The first-order valence-corrected chi connectivity index (χ1v) is 23.5. The van der Waals surface area contributed by atoms with Gasteiger partial charge in [0, 0.05) is 12.8 Å². The average molecular weight is 759 g/mol. The highest BCUT2D eigenvalue weighted by atomic mass is 16.6. The maximum atomic E-state index is 12.2. The number of hydrogen-bond acceptors (Lipinski definition) is 5. The summed E-state index contributed by atoms with van der Waals surface area (Å²) in [6.07, 6.45) is 56.6. The van der Waals surface area contributed by atoms with Crippen LogP contribution in [0.3, 0.4) is 0 Å². The van der Waals surface area contributed by atoms with Crippen molar-refractivity contribution in [1.82, 2.24) is 0 Å². The van der Waals surface area contributed by atoms with Gasteiger partial charge in [0.25, 0.3) is 0 Å². The summed E-state index contributed by atoms with van der Waals surface area (Å²) in [5.74, 6) is -0.584. The smallest absolute Gasteiger partial charge is 0.306 e. The lowest BCUT2D eigenvalue weighted by atomic mass is 10.0. The van der Waals surface area contributed by atoms with Crippen molar-refractivity contribution in [2.24, 2.45) is 0 Å². The van der Waals surface area contributed by atoms with E-state index >= 15 is 0 Å². The molecule has 5 heteroatoms. The Balaban J connectivity index is 3.46. The molecule has 0 bridgehead atoms. The Labute approximate surface area is 336 Å². The van der Waals surface area contributed by atoms with Crippen LogP contribution in [0.2, 0.25) is 0 Å². The lowest BCUT2D eigenvalue weighted by Gasteiger charge is -2.15. The van der Waals surface area contributed by atoms with E-state index in [-0.39, 0.29) is 25.2 Å². The van der Waals surface area contributed by atoms with Gasteiger partial charge in [-0.15, -0.1) is 0 Å². The van der Waals surface area contributed by atoms with Crippen LogP contribution in [0, 0.1) is 0 Å². The Morgan fingerprint density at radius 3 is 1.11 bits per heavy atom. The predicted molar refractivity (Wildman–Crippen MR) is 233 cm³/mol. The minimum absolute atomic E-state index is 0.0620. The number of ether oxygens (including phenoxy) is 2. The molecule has 0 aromatic rings. The summed E-state index contributed by atoms with van der Waals surface area (Å²) in [6.45, 7) is 4.13. The maximum absolute atomic E-state index is 12.2. The molecule has 316 valence electrons. The minimum atomic E-state index is -0.767. The molecular weight excluding hydrogens is 669 g/mol. The number of rotatable bonds is 43. The van der Waals surface area contributed by atoms with Crippen molar-refractivity contribution in [2.75, 3.05) is 13.2 Å². The molecule has 0 aliphatic heterocycles. The molecule has 1 atom stereocenters. The molecule has 5 nitrogen and oxygen atoms in total.